The zero-order valence-corrected chi connectivity index (χ0v) is 15.3. The second-order valence-corrected chi connectivity index (χ2v) is 6.44. The van der Waals surface area contributed by atoms with Gasteiger partial charge in [-0.25, -0.2) is 4.98 Å². The first-order valence-electron chi connectivity index (χ1n) is 8.11. The standard InChI is InChI=1S/C20H20N2O2S/c1-4-22(19(23)17-8-6-5-7-14(17)2)20-21-18(13-25-20)15-9-11-16(24-3)12-10-15/h5-13H,4H2,1-3H3. The molecule has 128 valence electrons. The Morgan fingerprint density at radius 1 is 1.16 bits per heavy atom. The molecular formula is C20H20N2O2S. The van der Waals surface area contributed by atoms with Crippen LogP contribution in [0.5, 0.6) is 5.75 Å². The molecule has 0 atom stereocenters. The third-order valence-corrected chi connectivity index (χ3v) is 4.91. The smallest absolute Gasteiger partial charge is 0.260 e. The number of carbonyl (C=O) groups excluding carboxylic acids is 1. The highest BCUT2D eigenvalue weighted by atomic mass is 32.1. The molecule has 0 unspecified atom stereocenters. The highest BCUT2D eigenvalue weighted by Crippen LogP contribution is 2.29. The lowest BCUT2D eigenvalue weighted by molar-refractivity contribution is 0.0987. The number of thiazole rings is 1. The van der Waals surface area contributed by atoms with E-state index in [1.54, 1.807) is 12.0 Å². The van der Waals surface area contributed by atoms with E-state index in [1.165, 1.54) is 11.3 Å². The average Bonchev–Trinajstić information content (AvgIpc) is 3.12. The van der Waals surface area contributed by atoms with Gasteiger partial charge in [0, 0.05) is 23.1 Å². The van der Waals surface area contributed by atoms with Crippen LogP contribution >= 0.6 is 11.3 Å². The van der Waals surface area contributed by atoms with Crippen molar-refractivity contribution in [2.24, 2.45) is 0 Å². The number of aryl methyl sites for hydroxylation is 1. The highest BCUT2D eigenvalue weighted by Gasteiger charge is 2.20. The Labute approximate surface area is 151 Å². The summed E-state index contributed by atoms with van der Waals surface area (Å²) in [6, 6.07) is 15.4. The van der Waals surface area contributed by atoms with Crippen molar-refractivity contribution >= 4 is 22.4 Å². The van der Waals surface area contributed by atoms with Crippen LogP contribution in [-0.2, 0) is 0 Å². The quantitative estimate of drug-likeness (QED) is 0.663. The van der Waals surface area contributed by atoms with Crippen LogP contribution in [0.25, 0.3) is 11.3 Å². The maximum Gasteiger partial charge on any atom is 0.260 e. The number of rotatable bonds is 5. The van der Waals surface area contributed by atoms with Gasteiger partial charge < -0.3 is 4.74 Å². The zero-order chi connectivity index (χ0) is 17.8. The first-order valence-corrected chi connectivity index (χ1v) is 8.99. The molecule has 1 heterocycles. The number of benzene rings is 2. The SMILES string of the molecule is CCN(C(=O)c1ccccc1C)c1nc(-c2ccc(OC)cc2)cs1. The number of anilines is 1. The van der Waals surface area contributed by atoms with Crippen LogP contribution in [0.4, 0.5) is 5.13 Å². The van der Waals surface area contributed by atoms with Gasteiger partial charge in [-0.1, -0.05) is 18.2 Å². The molecule has 25 heavy (non-hydrogen) atoms. The molecule has 0 aliphatic heterocycles. The van der Waals surface area contributed by atoms with Gasteiger partial charge in [-0.15, -0.1) is 11.3 Å². The van der Waals surface area contributed by atoms with Crippen molar-refractivity contribution in [2.45, 2.75) is 13.8 Å². The van der Waals surface area contributed by atoms with Crippen LogP contribution in [-0.4, -0.2) is 24.5 Å². The van der Waals surface area contributed by atoms with Crippen molar-refractivity contribution in [1.29, 1.82) is 0 Å². The molecule has 0 aliphatic rings. The number of amides is 1. The molecule has 0 spiro atoms. The average molecular weight is 352 g/mol. The Kier molecular flexibility index (Phi) is 5.14. The van der Waals surface area contributed by atoms with E-state index in [0.29, 0.717) is 17.2 Å². The minimum atomic E-state index is -0.0174. The van der Waals surface area contributed by atoms with E-state index in [-0.39, 0.29) is 5.91 Å². The Morgan fingerprint density at radius 2 is 1.88 bits per heavy atom. The second-order valence-electron chi connectivity index (χ2n) is 5.61. The maximum atomic E-state index is 12.9. The van der Waals surface area contributed by atoms with Crippen molar-refractivity contribution in [2.75, 3.05) is 18.6 Å². The number of carbonyl (C=O) groups is 1. The fourth-order valence-corrected chi connectivity index (χ4v) is 3.50. The lowest BCUT2D eigenvalue weighted by Gasteiger charge is -2.18. The molecule has 2 aromatic carbocycles. The molecule has 4 nitrogen and oxygen atoms in total. The van der Waals surface area contributed by atoms with E-state index in [1.807, 2.05) is 67.8 Å². The largest absolute Gasteiger partial charge is 0.497 e. The number of ether oxygens (including phenoxy) is 1. The van der Waals surface area contributed by atoms with Crippen molar-refractivity contribution in [1.82, 2.24) is 4.98 Å². The molecule has 3 rings (SSSR count). The molecule has 5 heteroatoms. The molecule has 1 aromatic heterocycles. The first kappa shape index (κ1) is 17.2. The minimum absolute atomic E-state index is 0.0174. The summed E-state index contributed by atoms with van der Waals surface area (Å²) in [5.41, 5.74) is 3.55. The first-order chi connectivity index (χ1) is 12.1. The van der Waals surface area contributed by atoms with Gasteiger partial charge in [0.1, 0.15) is 5.75 Å². The molecule has 0 saturated heterocycles. The Hall–Kier alpha value is -2.66. The Bertz CT molecular complexity index is 871. The van der Waals surface area contributed by atoms with Crippen LogP contribution in [0.1, 0.15) is 22.8 Å². The predicted molar refractivity (Wildman–Crippen MR) is 103 cm³/mol. The van der Waals surface area contributed by atoms with Gasteiger partial charge in [-0.2, -0.15) is 0 Å². The van der Waals surface area contributed by atoms with Crippen molar-refractivity contribution in [3.05, 3.63) is 65.0 Å². The summed E-state index contributed by atoms with van der Waals surface area (Å²) in [4.78, 5) is 19.3. The molecule has 0 N–H and O–H groups in total. The predicted octanol–water partition coefficient (Wildman–Crippen LogP) is 4.79. The molecule has 1 amide bonds. The number of aromatic nitrogens is 1. The van der Waals surface area contributed by atoms with Gasteiger partial charge in [0.25, 0.3) is 5.91 Å². The third kappa shape index (κ3) is 3.56. The topological polar surface area (TPSA) is 42.4 Å². The lowest BCUT2D eigenvalue weighted by Crippen LogP contribution is -2.31. The molecule has 0 saturated carbocycles. The van der Waals surface area contributed by atoms with E-state index < -0.39 is 0 Å². The van der Waals surface area contributed by atoms with E-state index >= 15 is 0 Å². The number of hydrogen-bond acceptors (Lipinski definition) is 4. The minimum Gasteiger partial charge on any atom is -0.497 e. The Morgan fingerprint density at radius 3 is 2.52 bits per heavy atom. The van der Waals surface area contributed by atoms with E-state index in [2.05, 4.69) is 4.98 Å². The van der Waals surface area contributed by atoms with Gasteiger partial charge in [0.15, 0.2) is 5.13 Å². The van der Waals surface area contributed by atoms with Gasteiger partial charge in [-0.3, -0.25) is 9.69 Å². The van der Waals surface area contributed by atoms with Crippen LogP contribution in [0.3, 0.4) is 0 Å². The van der Waals surface area contributed by atoms with Gasteiger partial charge in [-0.05, 0) is 49.7 Å². The summed E-state index contributed by atoms with van der Waals surface area (Å²) in [5.74, 6) is 0.792. The molecule has 3 aromatic rings. The zero-order valence-electron chi connectivity index (χ0n) is 14.5. The van der Waals surface area contributed by atoms with Crippen LogP contribution in [0.15, 0.2) is 53.9 Å². The monoisotopic (exact) mass is 352 g/mol. The molecule has 0 radical (unpaired) electrons. The van der Waals surface area contributed by atoms with Crippen molar-refractivity contribution in [3.63, 3.8) is 0 Å². The van der Waals surface area contributed by atoms with Crippen LogP contribution < -0.4 is 9.64 Å². The summed E-state index contributed by atoms with van der Waals surface area (Å²) < 4.78 is 5.19. The number of nitrogens with zero attached hydrogens (tertiary/aromatic N) is 2. The van der Waals surface area contributed by atoms with Crippen LogP contribution in [0, 0.1) is 6.92 Å². The van der Waals surface area contributed by atoms with E-state index in [4.69, 9.17) is 4.74 Å². The lowest BCUT2D eigenvalue weighted by atomic mass is 10.1. The molecular weight excluding hydrogens is 332 g/mol. The van der Waals surface area contributed by atoms with Gasteiger partial charge in [0.2, 0.25) is 0 Å². The summed E-state index contributed by atoms with van der Waals surface area (Å²) in [6.45, 7) is 4.49. The number of hydrogen-bond donors (Lipinski definition) is 0. The third-order valence-electron chi connectivity index (χ3n) is 4.05. The second kappa shape index (κ2) is 7.49. The Balaban J connectivity index is 1.88. The highest BCUT2D eigenvalue weighted by molar-refractivity contribution is 7.14. The number of methoxy groups -OCH3 is 1. The van der Waals surface area contributed by atoms with Crippen molar-refractivity contribution in [3.8, 4) is 17.0 Å². The fraction of sp³-hybridized carbons (Fsp3) is 0.200. The fourth-order valence-electron chi connectivity index (χ4n) is 2.61. The summed E-state index contributed by atoms with van der Waals surface area (Å²) in [6.07, 6.45) is 0. The normalized spacial score (nSPS) is 10.5. The molecule has 0 bridgehead atoms. The van der Waals surface area contributed by atoms with Crippen LogP contribution in [0.2, 0.25) is 0 Å². The van der Waals surface area contributed by atoms with E-state index in [9.17, 15) is 4.79 Å². The molecule has 0 fully saturated rings. The summed E-state index contributed by atoms with van der Waals surface area (Å²) >= 11 is 1.48. The molecule has 0 aliphatic carbocycles. The summed E-state index contributed by atoms with van der Waals surface area (Å²) in [7, 11) is 1.65. The maximum absolute atomic E-state index is 12.9. The van der Waals surface area contributed by atoms with Gasteiger partial charge in [0.05, 0.1) is 12.8 Å². The van der Waals surface area contributed by atoms with E-state index in [0.717, 1.165) is 22.6 Å². The summed E-state index contributed by atoms with van der Waals surface area (Å²) in [5, 5.41) is 2.69. The van der Waals surface area contributed by atoms with Gasteiger partial charge >= 0.3 is 0 Å². The van der Waals surface area contributed by atoms with Crippen molar-refractivity contribution < 1.29 is 9.53 Å².